The molecule has 1 aromatic rings. The maximum atomic E-state index is 12.6. The molecule has 1 N–H and O–H groups in total. The van der Waals surface area contributed by atoms with E-state index in [-0.39, 0.29) is 29.0 Å². The highest BCUT2D eigenvalue weighted by molar-refractivity contribution is 7.91. The van der Waals surface area contributed by atoms with Gasteiger partial charge in [0.05, 0.1) is 16.6 Å². The molecule has 0 radical (unpaired) electrons. The average molecular weight is 351 g/mol. The van der Waals surface area contributed by atoms with Crippen molar-refractivity contribution in [2.24, 2.45) is 17.8 Å². The molecule has 0 spiro atoms. The first-order chi connectivity index (χ1) is 11.3. The average Bonchev–Trinajstić information content (AvgIpc) is 3.32. The normalized spacial score (nSPS) is 24.1. The number of hydrogen-bond acceptors (Lipinski definition) is 4. The minimum atomic E-state index is -3.29. The third kappa shape index (κ3) is 3.17. The molecule has 2 aliphatic rings. The second-order valence-electron chi connectivity index (χ2n) is 6.58. The maximum Gasteiger partial charge on any atom is 0.308 e. The van der Waals surface area contributed by atoms with E-state index in [1.807, 2.05) is 0 Å². The lowest BCUT2D eigenvalue weighted by Crippen LogP contribution is -2.29. The van der Waals surface area contributed by atoms with Crippen molar-refractivity contribution in [2.45, 2.75) is 24.7 Å². The highest BCUT2D eigenvalue weighted by Gasteiger charge is 2.46. The summed E-state index contributed by atoms with van der Waals surface area (Å²) in [5, 5.41) is 9.38. The Morgan fingerprint density at radius 3 is 2.29 bits per heavy atom. The van der Waals surface area contributed by atoms with Crippen LogP contribution in [0.2, 0.25) is 0 Å². The smallest absolute Gasteiger partial charge is 0.308 e. The minimum absolute atomic E-state index is 0.00970. The number of nitrogens with zero attached hydrogens (tertiary/aromatic N) is 1. The predicted molar refractivity (Wildman–Crippen MR) is 87.4 cm³/mol. The van der Waals surface area contributed by atoms with Gasteiger partial charge in [0.1, 0.15) is 0 Å². The van der Waals surface area contributed by atoms with Gasteiger partial charge in [0.15, 0.2) is 9.84 Å². The lowest BCUT2D eigenvalue weighted by molar-refractivity contribution is -0.142. The molecule has 1 saturated carbocycles. The van der Waals surface area contributed by atoms with Gasteiger partial charge < -0.3 is 10.0 Å². The summed E-state index contributed by atoms with van der Waals surface area (Å²) in [4.78, 5) is 25.8. The van der Waals surface area contributed by atoms with Crippen molar-refractivity contribution in [1.82, 2.24) is 4.90 Å². The molecule has 0 bridgehead atoms. The number of sulfone groups is 1. The number of likely N-dealkylation sites (tertiary alicyclic amines) is 1. The molecule has 0 aromatic heterocycles. The quantitative estimate of drug-likeness (QED) is 0.871. The summed E-state index contributed by atoms with van der Waals surface area (Å²) < 4.78 is 23.6. The van der Waals surface area contributed by atoms with Crippen LogP contribution in [0.3, 0.4) is 0 Å². The molecule has 1 aliphatic heterocycles. The van der Waals surface area contributed by atoms with E-state index in [0.717, 1.165) is 12.8 Å². The molecule has 2 atom stereocenters. The fraction of sp³-hybridized carbons (Fsp3) is 0.529. The van der Waals surface area contributed by atoms with E-state index >= 15 is 0 Å². The van der Waals surface area contributed by atoms with E-state index in [1.165, 1.54) is 24.3 Å². The Morgan fingerprint density at radius 1 is 1.17 bits per heavy atom. The van der Waals surface area contributed by atoms with Crippen LogP contribution in [-0.4, -0.2) is 49.1 Å². The Hall–Kier alpha value is -1.89. The van der Waals surface area contributed by atoms with E-state index < -0.39 is 21.7 Å². The van der Waals surface area contributed by atoms with Crippen molar-refractivity contribution in [1.29, 1.82) is 0 Å². The molecule has 1 aliphatic carbocycles. The summed E-state index contributed by atoms with van der Waals surface area (Å²) >= 11 is 0. The van der Waals surface area contributed by atoms with Crippen LogP contribution in [0.5, 0.6) is 0 Å². The first-order valence-electron chi connectivity index (χ1n) is 8.18. The van der Waals surface area contributed by atoms with Crippen LogP contribution in [0.15, 0.2) is 29.2 Å². The van der Waals surface area contributed by atoms with Gasteiger partial charge in [0.25, 0.3) is 5.91 Å². The Labute approximate surface area is 141 Å². The molecule has 6 nitrogen and oxygen atoms in total. The Balaban J connectivity index is 1.76. The van der Waals surface area contributed by atoms with Gasteiger partial charge in [-0.05, 0) is 48.9 Å². The maximum absolute atomic E-state index is 12.6. The number of benzene rings is 1. The monoisotopic (exact) mass is 351 g/mol. The van der Waals surface area contributed by atoms with E-state index in [9.17, 15) is 23.1 Å². The van der Waals surface area contributed by atoms with E-state index in [4.69, 9.17) is 0 Å². The number of rotatable bonds is 5. The summed E-state index contributed by atoms with van der Waals surface area (Å²) in [7, 11) is -3.29. The highest BCUT2D eigenvalue weighted by atomic mass is 32.2. The van der Waals surface area contributed by atoms with Crippen molar-refractivity contribution in [3.63, 3.8) is 0 Å². The molecular formula is C17H21NO5S. The third-order valence-electron chi connectivity index (χ3n) is 5.04. The topological polar surface area (TPSA) is 91.8 Å². The van der Waals surface area contributed by atoms with Crippen molar-refractivity contribution >= 4 is 21.7 Å². The van der Waals surface area contributed by atoms with Gasteiger partial charge in [0.2, 0.25) is 0 Å². The molecule has 0 unspecified atom stereocenters. The molecule has 1 saturated heterocycles. The van der Waals surface area contributed by atoms with Gasteiger partial charge >= 0.3 is 5.97 Å². The lowest BCUT2D eigenvalue weighted by Gasteiger charge is -2.16. The number of carbonyl (C=O) groups is 2. The van der Waals surface area contributed by atoms with Crippen LogP contribution in [0.1, 0.15) is 30.1 Å². The second kappa shape index (κ2) is 6.20. The third-order valence-corrected chi connectivity index (χ3v) is 6.79. The predicted octanol–water partition coefficient (Wildman–Crippen LogP) is 1.66. The van der Waals surface area contributed by atoms with Gasteiger partial charge in [-0.3, -0.25) is 9.59 Å². The minimum Gasteiger partial charge on any atom is -0.481 e. The molecule has 1 amide bonds. The highest BCUT2D eigenvalue weighted by Crippen LogP contribution is 2.44. The molecule has 2 fully saturated rings. The summed E-state index contributed by atoms with van der Waals surface area (Å²) in [5.41, 5.74) is 0.394. The molecule has 1 heterocycles. The molecule has 24 heavy (non-hydrogen) atoms. The van der Waals surface area contributed by atoms with Gasteiger partial charge in [-0.2, -0.15) is 0 Å². The van der Waals surface area contributed by atoms with Gasteiger partial charge in [0, 0.05) is 18.7 Å². The van der Waals surface area contributed by atoms with Crippen molar-refractivity contribution < 1.29 is 23.1 Å². The van der Waals surface area contributed by atoms with E-state index in [1.54, 1.807) is 11.8 Å². The van der Waals surface area contributed by atoms with Crippen LogP contribution >= 0.6 is 0 Å². The van der Waals surface area contributed by atoms with Gasteiger partial charge in [-0.25, -0.2) is 8.42 Å². The van der Waals surface area contributed by atoms with Crippen LogP contribution < -0.4 is 0 Å². The fourth-order valence-electron chi connectivity index (χ4n) is 3.41. The van der Waals surface area contributed by atoms with Gasteiger partial charge in [-0.1, -0.05) is 6.92 Å². The van der Waals surface area contributed by atoms with Crippen molar-refractivity contribution in [3.8, 4) is 0 Å². The number of amides is 1. The number of carboxylic acid groups (broad SMARTS) is 1. The second-order valence-corrected chi connectivity index (χ2v) is 8.86. The summed E-state index contributed by atoms with van der Waals surface area (Å²) in [6, 6.07) is 5.89. The van der Waals surface area contributed by atoms with E-state index in [0.29, 0.717) is 18.0 Å². The Morgan fingerprint density at radius 2 is 1.79 bits per heavy atom. The first-order valence-corrected chi connectivity index (χ1v) is 9.83. The standard InChI is InChI=1S/C17H21NO5S/c1-2-24(22,23)13-7-5-12(6-8-13)16(19)18-9-14(11-3-4-11)15(10-18)17(20)21/h5-8,11,14-15H,2-4,9-10H2,1H3,(H,20,21)/t14-,15+/m1/s1. The molecule has 3 rings (SSSR count). The molecule has 1 aromatic carbocycles. The van der Waals surface area contributed by atoms with Crippen molar-refractivity contribution in [2.75, 3.05) is 18.8 Å². The van der Waals surface area contributed by atoms with Crippen LogP contribution in [0, 0.1) is 17.8 Å². The Bertz CT molecular complexity index is 752. The first kappa shape index (κ1) is 17.0. The van der Waals surface area contributed by atoms with Crippen LogP contribution in [0.25, 0.3) is 0 Å². The lowest BCUT2D eigenvalue weighted by atomic mass is 9.92. The molecule has 130 valence electrons. The summed E-state index contributed by atoms with van der Waals surface area (Å²) in [6.07, 6.45) is 2.08. The summed E-state index contributed by atoms with van der Waals surface area (Å²) in [6.45, 7) is 2.27. The SMILES string of the molecule is CCS(=O)(=O)c1ccc(C(=O)N2C[C@H](C(=O)O)[C@@H](C3CC3)C2)cc1. The molecule has 7 heteroatoms. The van der Waals surface area contributed by atoms with Crippen LogP contribution in [-0.2, 0) is 14.6 Å². The zero-order valence-corrected chi connectivity index (χ0v) is 14.3. The van der Waals surface area contributed by atoms with Gasteiger partial charge in [-0.15, -0.1) is 0 Å². The fourth-order valence-corrected chi connectivity index (χ4v) is 4.30. The Kier molecular flexibility index (Phi) is 4.38. The largest absolute Gasteiger partial charge is 0.481 e. The number of hydrogen-bond donors (Lipinski definition) is 1. The van der Waals surface area contributed by atoms with E-state index in [2.05, 4.69) is 0 Å². The zero-order chi connectivity index (χ0) is 17.5. The number of carboxylic acids is 1. The summed E-state index contributed by atoms with van der Waals surface area (Å²) in [5.74, 6) is -1.11. The zero-order valence-electron chi connectivity index (χ0n) is 13.5. The number of aliphatic carboxylic acids is 1. The number of carbonyl (C=O) groups excluding carboxylic acids is 1. The molecular weight excluding hydrogens is 330 g/mol. The van der Waals surface area contributed by atoms with Crippen molar-refractivity contribution in [3.05, 3.63) is 29.8 Å². The van der Waals surface area contributed by atoms with Crippen LogP contribution in [0.4, 0.5) is 0 Å².